The summed E-state index contributed by atoms with van der Waals surface area (Å²) in [6.07, 6.45) is 4.78. The molecule has 0 saturated carbocycles. The third-order valence-corrected chi connectivity index (χ3v) is 5.04. The third kappa shape index (κ3) is 3.70. The van der Waals surface area contributed by atoms with E-state index in [0.29, 0.717) is 24.9 Å². The van der Waals surface area contributed by atoms with Gasteiger partial charge in [0.25, 0.3) is 5.91 Å². The molecule has 0 spiro atoms. The molecule has 27 heavy (non-hydrogen) atoms. The maximum absolute atomic E-state index is 13.1. The minimum atomic E-state index is -0.301. The van der Waals surface area contributed by atoms with E-state index in [2.05, 4.69) is 9.97 Å². The smallest absolute Gasteiger partial charge is 0.298 e. The molecule has 1 aliphatic heterocycles. The summed E-state index contributed by atoms with van der Waals surface area (Å²) in [5, 5.41) is 0.571. The second-order valence-electron chi connectivity index (χ2n) is 5.78. The Labute approximate surface area is 159 Å². The van der Waals surface area contributed by atoms with Crippen LogP contribution < -0.4 is 9.64 Å². The Hall–Kier alpha value is -3.13. The average Bonchev–Trinajstić information content (AvgIpc) is 3.15. The topological polar surface area (TPSA) is 73.8 Å². The molecule has 2 aromatic heterocycles. The standard InChI is InChI=1S/C19H17N3O4S/c1-24-14-4-5-17-15(9-14)21-19(27-17)22(11-13-3-2-6-20-10-13)18(23)16-12-25-7-8-26-16/h2-6,9-10,12H,7-8,11H2,1H3. The van der Waals surface area contributed by atoms with Gasteiger partial charge in [-0.1, -0.05) is 17.4 Å². The monoisotopic (exact) mass is 383 g/mol. The van der Waals surface area contributed by atoms with Gasteiger partial charge < -0.3 is 14.2 Å². The molecule has 7 nitrogen and oxygen atoms in total. The lowest BCUT2D eigenvalue weighted by atomic mass is 10.2. The van der Waals surface area contributed by atoms with Crippen LogP contribution in [0.4, 0.5) is 5.13 Å². The summed E-state index contributed by atoms with van der Waals surface area (Å²) in [4.78, 5) is 23.4. The molecule has 0 unspecified atom stereocenters. The Balaban J connectivity index is 1.72. The number of fused-ring (bicyclic) bond motifs is 1. The summed E-state index contributed by atoms with van der Waals surface area (Å²) in [6.45, 7) is 1.10. The molecular weight excluding hydrogens is 366 g/mol. The zero-order chi connectivity index (χ0) is 18.6. The molecule has 8 heteroatoms. The summed E-state index contributed by atoms with van der Waals surface area (Å²) in [5.41, 5.74) is 1.66. The van der Waals surface area contributed by atoms with Crippen molar-refractivity contribution in [1.82, 2.24) is 9.97 Å². The minimum Gasteiger partial charge on any atom is -0.497 e. The van der Waals surface area contributed by atoms with Crippen LogP contribution in [-0.2, 0) is 20.8 Å². The van der Waals surface area contributed by atoms with Crippen molar-refractivity contribution in [3.63, 3.8) is 0 Å². The summed E-state index contributed by atoms with van der Waals surface area (Å²) >= 11 is 1.43. The number of nitrogens with zero attached hydrogens (tertiary/aromatic N) is 3. The number of hydrogen-bond donors (Lipinski definition) is 0. The van der Waals surface area contributed by atoms with E-state index in [1.807, 2.05) is 30.3 Å². The molecule has 3 heterocycles. The molecule has 1 aliphatic rings. The van der Waals surface area contributed by atoms with Gasteiger partial charge in [-0.2, -0.15) is 0 Å². The number of anilines is 1. The highest BCUT2D eigenvalue weighted by atomic mass is 32.1. The van der Waals surface area contributed by atoms with Gasteiger partial charge in [0.15, 0.2) is 5.13 Å². The fraction of sp³-hybridized carbons (Fsp3) is 0.211. The number of rotatable bonds is 5. The van der Waals surface area contributed by atoms with Crippen LogP contribution in [-0.4, -0.2) is 36.2 Å². The second kappa shape index (κ2) is 7.63. The Morgan fingerprint density at radius 1 is 1.33 bits per heavy atom. The fourth-order valence-electron chi connectivity index (χ4n) is 2.65. The van der Waals surface area contributed by atoms with Gasteiger partial charge in [0.1, 0.15) is 25.2 Å². The minimum absolute atomic E-state index is 0.168. The largest absolute Gasteiger partial charge is 0.497 e. The molecule has 0 N–H and O–H groups in total. The lowest BCUT2D eigenvalue weighted by Gasteiger charge is -2.23. The van der Waals surface area contributed by atoms with Crippen molar-refractivity contribution in [2.45, 2.75) is 6.54 Å². The molecule has 0 aliphatic carbocycles. The zero-order valence-corrected chi connectivity index (χ0v) is 15.4. The maximum Gasteiger partial charge on any atom is 0.298 e. The first-order valence-corrected chi connectivity index (χ1v) is 9.16. The van der Waals surface area contributed by atoms with Crippen molar-refractivity contribution >= 4 is 32.6 Å². The number of amides is 1. The number of aromatic nitrogens is 2. The molecule has 1 amide bonds. The van der Waals surface area contributed by atoms with Crippen molar-refractivity contribution in [2.24, 2.45) is 0 Å². The first-order chi connectivity index (χ1) is 13.2. The normalized spacial score (nSPS) is 13.4. The Bertz CT molecular complexity index is 987. The molecule has 0 bridgehead atoms. The van der Waals surface area contributed by atoms with E-state index in [1.165, 1.54) is 17.6 Å². The number of methoxy groups -OCH3 is 1. The Kier molecular flexibility index (Phi) is 4.88. The van der Waals surface area contributed by atoms with Crippen molar-refractivity contribution in [3.8, 4) is 5.75 Å². The highest BCUT2D eigenvalue weighted by Crippen LogP contribution is 2.32. The first kappa shape index (κ1) is 17.3. The van der Waals surface area contributed by atoms with Crippen LogP contribution in [0.25, 0.3) is 10.2 Å². The van der Waals surface area contributed by atoms with Crippen LogP contribution in [0.3, 0.4) is 0 Å². The van der Waals surface area contributed by atoms with E-state index in [0.717, 1.165) is 21.5 Å². The van der Waals surface area contributed by atoms with Gasteiger partial charge in [0.05, 0.1) is 23.9 Å². The summed E-state index contributed by atoms with van der Waals surface area (Å²) in [7, 11) is 1.61. The van der Waals surface area contributed by atoms with E-state index in [-0.39, 0.29) is 11.7 Å². The lowest BCUT2D eigenvalue weighted by molar-refractivity contribution is -0.119. The van der Waals surface area contributed by atoms with Crippen molar-refractivity contribution in [1.29, 1.82) is 0 Å². The highest BCUT2D eigenvalue weighted by molar-refractivity contribution is 7.22. The molecule has 3 aromatic rings. The van der Waals surface area contributed by atoms with Gasteiger partial charge in [-0.05, 0) is 23.8 Å². The van der Waals surface area contributed by atoms with Gasteiger partial charge >= 0.3 is 0 Å². The van der Waals surface area contributed by atoms with Crippen LogP contribution in [0, 0.1) is 0 Å². The van der Waals surface area contributed by atoms with Crippen LogP contribution in [0.2, 0.25) is 0 Å². The second-order valence-corrected chi connectivity index (χ2v) is 6.79. The average molecular weight is 383 g/mol. The maximum atomic E-state index is 13.1. The molecule has 138 valence electrons. The summed E-state index contributed by atoms with van der Waals surface area (Å²) in [5.74, 6) is 0.586. The van der Waals surface area contributed by atoms with E-state index in [9.17, 15) is 4.79 Å². The van der Waals surface area contributed by atoms with Crippen molar-refractivity contribution in [3.05, 3.63) is 60.3 Å². The van der Waals surface area contributed by atoms with Crippen LogP contribution in [0.1, 0.15) is 5.56 Å². The van der Waals surface area contributed by atoms with E-state index in [1.54, 1.807) is 24.4 Å². The molecule has 4 rings (SSSR count). The number of thiazole rings is 1. The highest BCUT2D eigenvalue weighted by Gasteiger charge is 2.26. The number of carbonyl (C=O) groups is 1. The van der Waals surface area contributed by atoms with Crippen LogP contribution >= 0.6 is 11.3 Å². The zero-order valence-electron chi connectivity index (χ0n) is 14.6. The van der Waals surface area contributed by atoms with Crippen LogP contribution in [0.15, 0.2) is 54.7 Å². The molecule has 0 fully saturated rings. The van der Waals surface area contributed by atoms with Gasteiger partial charge in [-0.15, -0.1) is 0 Å². The summed E-state index contributed by atoms with van der Waals surface area (Å²) in [6, 6.07) is 9.40. The van der Waals surface area contributed by atoms with Gasteiger partial charge in [0, 0.05) is 18.5 Å². The van der Waals surface area contributed by atoms with Crippen molar-refractivity contribution in [2.75, 3.05) is 25.2 Å². The van der Waals surface area contributed by atoms with Crippen LogP contribution in [0.5, 0.6) is 5.75 Å². The molecule has 0 radical (unpaired) electrons. The SMILES string of the molecule is COc1ccc2sc(N(Cc3cccnc3)C(=O)C3=COCCO3)nc2c1. The Morgan fingerprint density at radius 2 is 2.26 bits per heavy atom. The number of benzene rings is 1. The molecule has 0 atom stereocenters. The molecule has 0 saturated heterocycles. The van der Waals surface area contributed by atoms with Gasteiger partial charge in [-0.25, -0.2) is 4.98 Å². The predicted molar refractivity (Wildman–Crippen MR) is 102 cm³/mol. The molecular formula is C19H17N3O4S. The number of carbonyl (C=O) groups excluding carboxylic acids is 1. The lowest BCUT2D eigenvalue weighted by Crippen LogP contribution is -2.33. The number of hydrogen-bond acceptors (Lipinski definition) is 7. The molecule has 1 aromatic carbocycles. The number of ether oxygens (including phenoxy) is 3. The van der Waals surface area contributed by atoms with E-state index < -0.39 is 0 Å². The van der Waals surface area contributed by atoms with Gasteiger partial charge in [0.2, 0.25) is 5.76 Å². The van der Waals surface area contributed by atoms with E-state index >= 15 is 0 Å². The Morgan fingerprint density at radius 3 is 3.00 bits per heavy atom. The quantitative estimate of drug-likeness (QED) is 0.674. The fourth-order valence-corrected chi connectivity index (χ4v) is 3.60. The van der Waals surface area contributed by atoms with Gasteiger partial charge in [-0.3, -0.25) is 14.7 Å². The predicted octanol–water partition coefficient (Wildman–Crippen LogP) is 3.12. The third-order valence-electron chi connectivity index (χ3n) is 3.98. The first-order valence-electron chi connectivity index (χ1n) is 8.34. The van der Waals surface area contributed by atoms with E-state index in [4.69, 9.17) is 14.2 Å². The number of pyridine rings is 1. The summed E-state index contributed by atoms with van der Waals surface area (Å²) < 4.78 is 16.9. The van der Waals surface area contributed by atoms with Crippen molar-refractivity contribution < 1.29 is 19.0 Å².